The molecule has 1 atom stereocenters. The Morgan fingerprint density at radius 3 is 2.20 bits per heavy atom. The van der Waals surface area contributed by atoms with Gasteiger partial charge in [-0.2, -0.15) is 0 Å². The number of carbonyl (C=O) groups is 2. The molecule has 20 heavy (non-hydrogen) atoms. The van der Waals surface area contributed by atoms with Gasteiger partial charge < -0.3 is 9.53 Å². The van der Waals surface area contributed by atoms with Crippen molar-refractivity contribution in [1.82, 2.24) is 0 Å². The van der Waals surface area contributed by atoms with E-state index in [1.54, 1.807) is 0 Å². The first-order valence-corrected chi connectivity index (χ1v) is 10.1. The van der Waals surface area contributed by atoms with E-state index in [0.29, 0.717) is 17.8 Å². The third-order valence-corrected chi connectivity index (χ3v) is 9.04. The van der Waals surface area contributed by atoms with Crippen LogP contribution in [0, 0.1) is 5.92 Å². The van der Waals surface area contributed by atoms with Crippen molar-refractivity contribution < 1.29 is 19.1 Å². The molecule has 0 aromatic heterocycles. The Hall–Kier alpha value is -1.10. The SMILES string of the molecule is CC[C@@H]1CC(=O)C(CC(=O)O)=C1O[Si](CC)(CC)CC. The summed E-state index contributed by atoms with van der Waals surface area (Å²) in [6, 6.07) is 2.98. The molecule has 0 radical (unpaired) electrons. The number of aliphatic carboxylic acids is 1. The maximum absolute atomic E-state index is 12.1. The van der Waals surface area contributed by atoms with Crippen LogP contribution < -0.4 is 0 Å². The van der Waals surface area contributed by atoms with E-state index in [1.807, 2.05) is 6.92 Å². The Labute approximate surface area is 122 Å². The Morgan fingerprint density at radius 2 is 1.80 bits per heavy atom. The number of carboxylic acids is 1. The molecular weight excluding hydrogens is 272 g/mol. The standard InChI is InChI=1S/C15H26O4Si/c1-5-11-9-13(16)12(10-14(17)18)15(11)19-20(6-2,7-3)8-4/h11H,5-10H2,1-4H3,(H,17,18)/t11-/m1/s1. The molecule has 0 bridgehead atoms. The highest BCUT2D eigenvalue weighted by Gasteiger charge is 2.39. The lowest BCUT2D eigenvalue weighted by Gasteiger charge is -2.32. The summed E-state index contributed by atoms with van der Waals surface area (Å²) in [5.74, 6) is -0.214. The molecule has 0 saturated heterocycles. The van der Waals surface area contributed by atoms with Crippen LogP contribution in [0.15, 0.2) is 11.3 Å². The fourth-order valence-corrected chi connectivity index (χ4v) is 5.52. The second-order valence-corrected chi connectivity index (χ2v) is 10.2. The monoisotopic (exact) mass is 298 g/mol. The molecular formula is C15H26O4Si. The van der Waals surface area contributed by atoms with Crippen molar-refractivity contribution in [3.05, 3.63) is 11.3 Å². The number of carboxylic acid groups (broad SMARTS) is 1. The van der Waals surface area contributed by atoms with Gasteiger partial charge >= 0.3 is 5.97 Å². The lowest BCUT2D eigenvalue weighted by Crippen LogP contribution is -2.36. The van der Waals surface area contributed by atoms with E-state index in [9.17, 15) is 9.59 Å². The second kappa shape index (κ2) is 7.06. The minimum absolute atomic E-state index is 0.0412. The van der Waals surface area contributed by atoms with Gasteiger partial charge in [-0.05, 0) is 24.6 Å². The van der Waals surface area contributed by atoms with Crippen LogP contribution in [-0.2, 0) is 14.0 Å². The summed E-state index contributed by atoms with van der Waals surface area (Å²) < 4.78 is 6.37. The molecule has 0 aliphatic heterocycles. The highest BCUT2D eigenvalue weighted by Crippen LogP contribution is 2.38. The molecule has 0 amide bonds. The highest BCUT2D eigenvalue weighted by molar-refractivity contribution is 6.73. The maximum Gasteiger partial charge on any atom is 0.308 e. The van der Waals surface area contributed by atoms with Gasteiger partial charge in [-0.15, -0.1) is 0 Å². The molecule has 1 N–H and O–H groups in total. The molecule has 1 aliphatic carbocycles. The van der Waals surface area contributed by atoms with Gasteiger partial charge in [-0.3, -0.25) is 9.59 Å². The van der Waals surface area contributed by atoms with Gasteiger partial charge in [0, 0.05) is 17.9 Å². The fraction of sp³-hybridized carbons (Fsp3) is 0.733. The molecule has 1 aliphatic rings. The van der Waals surface area contributed by atoms with Gasteiger partial charge in [0.15, 0.2) is 5.78 Å². The van der Waals surface area contributed by atoms with E-state index in [4.69, 9.17) is 9.53 Å². The average Bonchev–Trinajstić information content (AvgIpc) is 2.72. The van der Waals surface area contributed by atoms with Crippen LogP contribution in [0.4, 0.5) is 0 Å². The topological polar surface area (TPSA) is 63.6 Å². The molecule has 0 saturated carbocycles. The lowest BCUT2D eigenvalue weighted by molar-refractivity contribution is -0.137. The largest absolute Gasteiger partial charge is 0.546 e. The van der Waals surface area contributed by atoms with Crippen LogP contribution in [-0.4, -0.2) is 25.2 Å². The summed E-state index contributed by atoms with van der Waals surface area (Å²) in [5, 5.41) is 9.01. The zero-order valence-corrected chi connectivity index (χ0v) is 14.0. The van der Waals surface area contributed by atoms with Crippen molar-refractivity contribution in [2.75, 3.05) is 0 Å². The van der Waals surface area contributed by atoms with Crippen molar-refractivity contribution in [2.45, 2.75) is 65.1 Å². The van der Waals surface area contributed by atoms with E-state index < -0.39 is 14.3 Å². The molecule has 4 nitrogen and oxygen atoms in total. The Balaban J connectivity index is 3.13. The molecule has 0 aromatic rings. The smallest absolute Gasteiger partial charge is 0.308 e. The van der Waals surface area contributed by atoms with Gasteiger partial charge in [0.25, 0.3) is 0 Å². The second-order valence-electron chi connectivity index (χ2n) is 5.49. The summed E-state index contributed by atoms with van der Waals surface area (Å²) in [7, 11) is -1.87. The van der Waals surface area contributed by atoms with Gasteiger partial charge in [0.1, 0.15) is 0 Å². The predicted octanol–water partition coefficient (Wildman–Crippen LogP) is 3.74. The minimum Gasteiger partial charge on any atom is -0.546 e. The molecule has 0 aromatic carbocycles. The third-order valence-electron chi connectivity index (χ3n) is 4.52. The zero-order valence-electron chi connectivity index (χ0n) is 13.0. The Bertz CT molecular complexity index is 402. The van der Waals surface area contributed by atoms with Crippen LogP contribution in [0.5, 0.6) is 0 Å². The van der Waals surface area contributed by atoms with Crippen LogP contribution >= 0.6 is 0 Å². The van der Waals surface area contributed by atoms with Gasteiger partial charge in [0.2, 0.25) is 8.32 Å². The van der Waals surface area contributed by atoms with Crippen molar-refractivity contribution >= 4 is 20.1 Å². The van der Waals surface area contributed by atoms with Crippen molar-refractivity contribution in [3.8, 4) is 0 Å². The zero-order chi connectivity index (χ0) is 15.3. The molecule has 5 heteroatoms. The number of carbonyl (C=O) groups excluding carboxylic acids is 1. The average molecular weight is 298 g/mol. The number of allylic oxidation sites excluding steroid dienone is 1. The predicted molar refractivity (Wildman–Crippen MR) is 81.0 cm³/mol. The van der Waals surface area contributed by atoms with Gasteiger partial charge in [-0.1, -0.05) is 27.7 Å². The summed E-state index contributed by atoms with van der Waals surface area (Å²) in [4.78, 5) is 23.0. The van der Waals surface area contributed by atoms with E-state index in [1.165, 1.54) is 0 Å². The first-order valence-electron chi connectivity index (χ1n) is 7.60. The quantitative estimate of drug-likeness (QED) is 0.693. The molecule has 1 rings (SSSR count). The molecule has 0 fully saturated rings. The number of hydrogen-bond acceptors (Lipinski definition) is 3. The lowest BCUT2D eigenvalue weighted by atomic mass is 10.1. The van der Waals surface area contributed by atoms with Gasteiger partial charge in [0.05, 0.1) is 12.2 Å². The Morgan fingerprint density at radius 1 is 1.25 bits per heavy atom. The number of ketones is 1. The van der Waals surface area contributed by atoms with Crippen LogP contribution in [0.25, 0.3) is 0 Å². The fourth-order valence-electron chi connectivity index (χ4n) is 2.83. The summed E-state index contributed by atoms with van der Waals surface area (Å²) in [6.45, 7) is 8.43. The molecule has 0 spiro atoms. The summed E-state index contributed by atoms with van der Waals surface area (Å²) >= 11 is 0. The molecule has 0 heterocycles. The van der Waals surface area contributed by atoms with Crippen LogP contribution in [0.3, 0.4) is 0 Å². The summed E-state index contributed by atoms with van der Waals surface area (Å²) in [5.41, 5.74) is 0.413. The number of rotatable bonds is 8. The number of hydrogen-bond donors (Lipinski definition) is 1. The van der Waals surface area contributed by atoms with E-state index in [-0.39, 0.29) is 18.1 Å². The van der Waals surface area contributed by atoms with Crippen molar-refractivity contribution in [2.24, 2.45) is 5.92 Å². The first-order chi connectivity index (χ1) is 9.42. The highest BCUT2D eigenvalue weighted by atomic mass is 28.4. The van der Waals surface area contributed by atoms with E-state index in [0.717, 1.165) is 24.6 Å². The first kappa shape index (κ1) is 16.9. The normalized spacial score (nSPS) is 19.6. The van der Waals surface area contributed by atoms with Crippen LogP contribution in [0.2, 0.25) is 18.1 Å². The van der Waals surface area contributed by atoms with Gasteiger partial charge in [-0.25, -0.2) is 0 Å². The molecule has 114 valence electrons. The summed E-state index contributed by atoms with van der Waals surface area (Å²) in [6.07, 6.45) is 1.04. The van der Waals surface area contributed by atoms with Crippen molar-refractivity contribution in [3.63, 3.8) is 0 Å². The third kappa shape index (κ3) is 3.51. The molecule has 0 unspecified atom stereocenters. The van der Waals surface area contributed by atoms with E-state index >= 15 is 0 Å². The minimum atomic E-state index is -1.87. The maximum atomic E-state index is 12.1. The van der Waals surface area contributed by atoms with Crippen molar-refractivity contribution in [1.29, 1.82) is 0 Å². The van der Waals surface area contributed by atoms with Crippen LogP contribution in [0.1, 0.15) is 47.0 Å². The Kier molecular flexibility index (Phi) is 5.99. The number of Topliss-reactive ketones (excluding diaryl/α,β-unsaturated/α-hetero) is 1. The van der Waals surface area contributed by atoms with E-state index in [2.05, 4.69) is 20.8 Å².